The highest BCUT2D eigenvalue weighted by atomic mass is 32.1. The Labute approximate surface area is 392 Å². The molecule has 0 saturated carbocycles. The molecular formula is C51H66N8O6S. The fourth-order valence-electron chi connectivity index (χ4n) is 9.02. The molecule has 2 aliphatic heterocycles. The van der Waals surface area contributed by atoms with E-state index in [9.17, 15) is 29.4 Å². The predicted molar refractivity (Wildman–Crippen MR) is 257 cm³/mol. The van der Waals surface area contributed by atoms with Crippen molar-refractivity contribution in [3.8, 4) is 27.4 Å². The number of aliphatic hydroxyl groups excluding tert-OH is 1. The second-order valence-corrected chi connectivity index (χ2v) is 20.1. The number of β-amino-alcohol motifs (C(OH)–C–C–N with tert-alkyl or cyclic N) is 1. The molecule has 5 N–H and O–H groups in total. The number of unbranched alkanes of at least 4 members (excludes halogenated alkanes) is 9. The van der Waals surface area contributed by atoms with Gasteiger partial charge in [-0.2, -0.15) is 0 Å². The van der Waals surface area contributed by atoms with Crippen molar-refractivity contribution in [3.63, 3.8) is 0 Å². The van der Waals surface area contributed by atoms with Crippen molar-refractivity contribution in [2.24, 2.45) is 5.41 Å². The number of likely N-dealkylation sites (tertiary alicyclic amines) is 2. The maximum atomic E-state index is 14.0. The number of amides is 4. The maximum absolute atomic E-state index is 14.0. The quantitative estimate of drug-likeness (QED) is 0.0452. The maximum Gasteiger partial charge on any atom is 0.246 e. The van der Waals surface area contributed by atoms with Crippen LogP contribution in [0.15, 0.2) is 66.2 Å². The first-order valence-corrected chi connectivity index (χ1v) is 24.6. The van der Waals surface area contributed by atoms with E-state index in [-0.39, 0.29) is 54.8 Å². The molecule has 5 heterocycles. The van der Waals surface area contributed by atoms with E-state index in [0.29, 0.717) is 42.8 Å². The average Bonchev–Trinajstić information content (AvgIpc) is 4.02. The monoisotopic (exact) mass is 918 g/mol. The van der Waals surface area contributed by atoms with Gasteiger partial charge in [-0.1, -0.05) is 109 Å². The minimum atomic E-state index is -0.838. The SMILES string of the molecule is Cc1ncsc1-c1ccc(CNC(=O)[C@@H]2C[C@@H](O)CN2C(=O)[C@@H](NC(=O)CCCCCCCCCCCCC(=O)N2CC(c3cc4cc(-c5ccccc5O)nnc4[nH]3)C2)C(C)(C)C)cc1. The van der Waals surface area contributed by atoms with E-state index in [1.54, 1.807) is 23.5 Å². The molecule has 2 aromatic carbocycles. The van der Waals surface area contributed by atoms with Crippen molar-refractivity contribution in [2.45, 2.75) is 142 Å². The number of hydrogen-bond acceptors (Lipinski definition) is 10. The van der Waals surface area contributed by atoms with Crippen LogP contribution in [-0.4, -0.2) is 102 Å². The first-order valence-electron chi connectivity index (χ1n) is 23.7. The van der Waals surface area contributed by atoms with E-state index < -0.39 is 23.6 Å². The van der Waals surface area contributed by atoms with E-state index in [1.807, 2.05) is 80.6 Å². The number of nitrogens with zero attached hydrogens (tertiary/aromatic N) is 5. The molecule has 2 fully saturated rings. The number of aromatic nitrogens is 4. The third kappa shape index (κ3) is 12.4. The van der Waals surface area contributed by atoms with E-state index in [0.717, 1.165) is 97.0 Å². The number of thiazole rings is 1. The number of rotatable bonds is 21. The van der Waals surface area contributed by atoms with Gasteiger partial charge in [0.05, 0.1) is 27.9 Å². The average molecular weight is 919 g/mol. The molecule has 0 spiro atoms. The number of benzene rings is 2. The zero-order valence-electron chi connectivity index (χ0n) is 38.9. The molecule has 5 aromatic rings. The summed E-state index contributed by atoms with van der Waals surface area (Å²) in [5, 5.41) is 36.3. The van der Waals surface area contributed by atoms with Crippen molar-refractivity contribution in [1.82, 2.24) is 40.6 Å². The van der Waals surface area contributed by atoms with Crippen LogP contribution in [0.5, 0.6) is 5.75 Å². The number of carbonyl (C=O) groups excluding carboxylic acids is 4. The number of carbonyl (C=O) groups is 4. The lowest BCUT2D eigenvalue weighted by atomic mass is 9.85. The second-order valence-electron chi connectivity index (χ2n) is 19.3. The number of para-hydroxylation sites is 1. The highest BCUT2D eigenvalue weighted by Crippen LogP contribution is 2.33. The molecule has 352 valence electrons. The van der Waals surface area contributed by atoms with Gasteiger partial charge >= 0.3 is 0 Å². The number of aliphatic hydroxyl groups is 1. The van der Waals surface area contributed by atoms with Crippen LogP contribution in [0, 0.1) is 12.3 Å². The predicted octanol–water partition coefficient (Wildman–Crippen LogP) is 8.18. The first-order chi connectivity index (χ1) is 31.7. The summed E-state index contributed by atoms with van der Waals surface area (Å²) in [4.78, 5) is 65.6. The van der Waals surface area contributed by atoms with Gasteiger partial charge in [0.15, 0.2) is 5.65 Å². The lowest BCUT2D eigenvalue weighted by molar-refractivity contribution is -0.144. The smallest absolute Gasteiger partial charge is 0.246 e. The highest BCUT2D eigenvalue weighted by molar-refractivity contribution is 7.13. The topological polar surface area (TPSA) is 194 Å². The number of aryl methyl sites for hydroxylation is 1. The number of aromatic amines is 1. The number of aromatic hydroxyl groups is 1. The van der Waals surface area contributed by atoms with Crippen LogP contribution >= 0.6 is 11.3 Å². The lowest BCUT2D eigenvalue weighted by Crippen LogP contribution is -2.57. The van der Waals surface area contributed by atoms with Gasteiger partial charge in [0.25, 0.3) is 0 Å². The third-order valence-corrected chi connectivity index (χ3v) is 14.0. The zero-order valence-corrected chi connectivity index (χ0v) is 39.7. The lowest BCUT2D eigenvalue weighted by Gasteiger charge is -2.39. The summed E-state index contributed by atoms with van der Waals surface area (Å²) in [6, 6.07) is 17.4. The summed E-state index contributed by atoms with van der Waals surface area (Å²) >= 11 is 1.59. The number of nitrogens with one attached hydrogen (secondary N) is 3. The van der Waals surface area contributed by atoms with Crippen LogP contribution in [0.25, 0.3) is 32.7 Å². The summed E-state index contributed by atoms with van der Waals surface area (Å²) in [5.74, 6) is -0.225. The molecule has 3 aromatic heterocycles. The van der Waals surface area contributed by atoms with Crippen LogP contribution in [0.4, 0.5) is 0 Å². The second kappa shape index (κ2) is 22.2. The molecule has 14 nitrogen and oxygen atoms in total. The molecule has 7 rings (SSSR count). The molecule has 0 aliphatic carbocycles. The van der Waals surface area contributed by atoms with Crippen molar-refractivity contribution in [2.75, 3.05) is 19.6 Å². The minimum absolute atomic E-state index is 0.0402. The molecule has 66 heavy (non-hydrogen) atoms. The molecule has 2 saturated heterocycles. The molecular weight excluding hydrogens is 853 g/mol. The fourth-order valence-corrected chi connectivity index (χ4v) is 9.83. The summed E-state index contributed by atoms with van der Waals surface area (Å²) < 4.78 is 0. The van der Waals surface area contributed by atoms with Gasteiger partial charge in [0, 0.05) is 68.0 Å². The van der Waals surface area contributed by atoms with E-state index in [1.165, 1.54) is 4.90 Å². The molecule has 0 radical (unpaired) electrons. The summed E-state index contributed by atoms with van der Waals surface area (Å²) in [6.45, 7) is 9.41. The van der Waals surface area contributed by atoms with E-state index >= 15 is 0 Å². The van der Waals surface area contributed by atoms with Crippen LogP contribution in [0.3, 0.4) is 0 Å². The minimum Gasteiger partial charge on any atom is -0.507 e. The van der Waals surface area contributed by atoms with Gasteiger partial charge < -0.3 is 35.6 Å². The van der Waals surface area contributed by atoms with Crippen molar-refractivity contribution >= 4 is 46.0 Å². The Morgan fingerprint density at radius 2 is 1.53 bits per heavy atom. The van der Waals surface area contributed by atoms with Gasteiger partial charge in [0.2, 0.25) is 23.6 Å². The normalized spacial score (nSPS) is 16.9. The molecule has 15 heteroatoms. The van der Waals surface area contributed by atoms with Crippen LogP contribution < -0.4 is 10.6 Å². The Kier molecular flexibility index (Phi) is 16.2. The fraction of sp³-hybridized carbons (Fsp3) is 0.510. The Hall–Kier alpha value is -5.67. The van der Waals surface area contributed by atoms with Crippen LogP contribution in [-0.2, 0) is 25.7 Å². The Bertz CT molecular complexity index is 2440. The van der Waals surface area contributed by atoms with E-state index in [4.69, 9.17) is 0 Å². The standard InChI is InChI=1S/C51H66N8O6S/c1-33-46(66-32-53-33)35-23-21-34(22-24-35)28-52-49(64)42-27-38(60)31-59(42)50(65)47(51(2,3)4)55-44(62)19-13-11-9-7-5-6-8-10-12-14-20-45(63)58-29-37(30-58)40-25-36-26-41(56-57-48(36)54-40)39-17-15-16-18-43(39)61/h15-18,21-26,32,37-38,42,47,60-61H,5-14,19-20,27-31H2,1-4H3,(H,52,64)(H,54,57)(H,55,62)/t38-,42+,47-/m1/s1. The van der Waals surface area contributed by atoms with E-state index in [2.05, 4.69) is 36.9 Å². The number of H-pyrrole nitrogens is 1. The van der Waals surface area contributed by atoms with Gasteiger partial charge in [-0.05, 0) is 60.6 Å². The van der Waals surface area contributed by atoms with Crippen LogP contribution in [0.1, 0.15) is 127 Å². The molecule has 3 atom stereocenters. The Morgan fingerprint density at radius 3 is 2.18 bits per heavy atom. The van der Waals surface area contributed by atoms with Crippen molar-refractivity contribution in [3.05, 3.63) is 83.1 Å². The summed E-state index contributed by atoms with van der Waals surface area (Å²) in [6.07, 6.45) is 10.6. The molecule has 2 aliphatic rings. The van der Waals surface area contributed by atoms with Gasteiger partial charge in [0.1, 0.15) is 17.8 Å². The van der Waals surface area contributed by atoms with Crippen molar-refractivity contribution in [1.29, 1.82) is 0 Å². The van der Waals surface area contributed by atoms with Crippen LogP contribution in [0.2, 0.25) is 0 Å². The largest absolute Gasteiger partial charge is 0.507 e. The molecule has 4 amide bonds. The Morgan fingerprint density at radius 1 is 0.864 bits per heavy atom. The highest BCUT2D eigenvalue weighted by Gasteiger charge is 2.44. The zero-order chi connectivity index (χ0) is 46.8. The molecule has 0 unspecified atom stereocenters. The summed E-state index contributed by atoms with van der Waals surface area (Å²) in [7, 11) is 0. The number of phenolic OH excluding ortho intramolecular Hbond substituents is 1. The number of phenols is 1. The van der Waals surface area contributed by atoms with Crippen molar-refractivity contribution < 1.29 is 29.4 Å². The number of fused-ring (bicyclic) bond motifs is 1. The van der Waals surface area contributed by atoms with Gasteiger partial charge in [-0.3, -0.25) is 19.2 Å². The first kappa shape index (κ1) is 48.3. The van der Waals surface area contributed by atoms with Gasteiger partial charge in [-0.25, -0.2) is 4.98 Å². The number of hydrogen-bond donors (Lipinski definition) is 5. The third-order valence-electron chi connectivity index (χ3n) is 13.0. The summed E-state index contributed by atoms with van der Waals surface area (Å²) in [5.41, 5.74) is 7.20. The Balaban J connectivity index is 0.726. The van der Waals surface area contributed by atoms with Gasteiger partial charge in [-0.15, -0.1) is 21.5 Å². The molecule has 0 bridgehead atoms.